The molecular weight excluding hydrogens is 438 g/mol. The lowest BCUT2D eigenvalue weighted by Crippen LogP contribution is -2.22. The number of para-hydroxylation sites is 2. The molecule has 0 bridgehead atoms. The van der Waals surface area contributed by atoms with Gasteiger partial charge in [-0.25, -0.2) is 8.42 Å². The van der Waals surface area contributed by atoms with Crippen LogP contribution in [0.4, 0.5) is 11.4 Å². The van der Waals surface area contributed by atoms with Gasteiger partial charge >= 0.3 is 0 Å². The molecule has 0 heterocycles. The molecular formula is C25H29N3O4S. The Labute approximate surface area is 195 Å². The second-order valence-electron chi connectivity index (χ2n) is 7.45. The van der Waals surface area contributed by atoms with Crippen molar-refractivity contribution in [3.05, 3.63) is 83.9 Å². The quantitative estimate of drug-likeness (QED) is 0.455. The van der Waals surface area contributed by atoms with Crippen LogP contribution >= 0.6 is 0 Å². The molecule has 0 saturated heterocycles. The van der Waals surface area contributed by atoms with Gasteiger partial charge in [0, 0.05) is 17.8 Å². The lowest BCUT2D eigenvalue weighted by atomic mass is 10.1. The molecule has 3 rings (SSSR count). The van der Waals surface area contributed by atoms with Crippen molar-refractivity contribution in [2.24, 2.45) is 0 Å². The monoisotopic (exact) mass is 467 g/mol. The van der Waals surface area contributed by atoms with Crippen molar-refractivity contribution in [2.45, 2.75) is 25.3 Å². The Bertz CT molecular complexity index is 1210. The van der Waals surface area contributed by atoms with Crippen LogP contribution in [0.2, 0.25) is 0 Å². The minimum Gasteiger partial charge on any atom is -0.495 e. The van der Waals surface area contributed by atoms with Crippen molar-refractivity contribution in [3.63, 3.8) is 0 Å². The first-order valence-electron chi connectivity index (χ1n) is 10.7. The number of carbonyl (C=O) groups is 1. The van der Waals surface area contributed by atoms with Gasteiger partial charge in [-0.1, -0.05) is 44.2 Å². The number of ether oxygens (including phenoxy) is 1. The van der Waals surface area contributed by atoms with Gasteiger partial charge in [0.2, 0.25) is 0 Å². The maximum Gasteiger partial charge on any atom is 0.262 e. The van der Waals surface area contributed by atoms with Crippen molar-refractivity contribution in [1.82, 2.24) is 4.90 Å². The minimum absolute atomic E-state index is 0.0173. The number of methoxy groups -OCH3 is 1. The summed E-state index contributed by atoms with van der Waals surface area (Å²) in [7, 11) is -2.45. The van der Waals surface area contributed by atoms with E-state index in [-0.39, 0.29) is 16.4 Å². The maximum absolute atomic E-state index is 12.9. The molecule has 0 atom stereocenters. The average Bonchev–Trinajstić information content (AvgIpc) is 2.83. The number of rotatable bonds is 10. The largest absolute Gasteiger partial charge is 0.495 e. The fraction of sp³-hybridized carbons (Fsp3) is 0.240. The van der Waals surface area contributed by atoms with Gasteiger partial charge in [0.05, 0.1) is 17.7 Å². The number of carbonyl (C=O) groups excluding carboxylic acids is 1. The fourth-order valence-electron chi connectivity index (χ4n) is 3.39. The third kappa shape index (κ3) is 6.34. The zero-order chi connectivity index (χ0) is 23.8. The molecule has 3 aromatic rings. The molecule has 8 heteroatoms. The Balaban J connectivity index is 1.77. The number of hydrogen-bond donors (Lipinski definition) is 2. The first kappa shape index (κ1) is 24.3. The smallest absolute Gasteiger partial charge is 0.262 e. The minimum atomic E-state index is -3.92. The highest BCUT2D eigenvalue weighted by molar-refractivity contribution is 7.92. The average molecular weight is 468 g/mol. The molecule has 0 aliphatic carbocycles. The standard InChI is InChI=1S/C25H29N3O4S/c1-4-28(5-2)18-19-10-8-12-21(16-19)26-25(29)20-11-9-13-22(17-20)33(30,31)27-23-14-6-7-15-24(23)32-3/h6-17,27H,4-5,18H2,1-3H3,(H,26,29). The van der Waals surface area contributed by atoms with Gasteiger partial charge in [0.1, 0.15) is 5.75 Å². The van der Waals surface area contributed by atoms with Crippen molar-refractivity contribution in [3.8, 4) is 5.75 Å². The predicted molar refractivity (Wildman–Crippen MR) is 131 cm³/mol. The molecule has 3 aromatic carbocycles. The van der Waals surface area contributed by atoms with Gasteiger partial charge < -0.3 is 10.1 Å². The van der Waals surface area contributed by atoms with E-state index in [1.54, 1.807) is 36.4 Å². The predicted octanol–water partition coefficient (Wildman–Crippen LogP) is 4.59. The normalized spacial score (nSPS) is 11.3. The van der Waals surface area contributed by atoms with Gasteiger partial charge in [0.25, 0.3) is 15.9 Å². The lowest BCUT2D eigenvalue weighted by Gasteiger charge is -2.18. The summed E-state index contributed by atoms with van der Waals surface area (Å²) in [6, 6.07) is 20.3. The van der Waals surface area contributed by atoms with Crippen LogP contribution in [0.3, 0.4) is 0 Å². The molecule has 2 N–H and O–H groups in total. The van der Waals surface area contributed by atoms with Crippen LogP contribution in [-0.4, -0.2) is 39.4 Å². The summed E-state index contributed by atoms with van der Waals surface area (Å²) < 4.78 is 33.5. The van der Waals surface area contributed by atoms with Crippen LogP contribution < -0.4 is 14.8 Å². The fourth-order valence-corrected chi connectivity index (χ4v) is 4.51. The van der Waals surface area contributed by atoms with Gasteiger partial charge in [-0.3, -0.25) is 14.4 Å². The van der Waals surface area contributed by atoms with Gasteiger partial charge in [-0.05, 0) is 61.1 Å². The summed E-state index contributed by atoms with van der Waals surface area (Å²) >= 11 is 0. The summed E-state index contributed by atoms with van der Waals surface area (Å²) in [5.74, 6) is 0.0175. The van der Waals surface area contributed by atoms with Gasteiger partial charge in [0.15, 0.2) is 0 Å². The number of nitrogens with one attached hydrogen (secondary N) is 2. The summed E-state index contributed by atoms with van der Waals surface area (Å²) in [5.41, 5.74) is 2.31. The number of anilines is 2. The Morgan fingerprint density at radius 3 is 2.39 bits per heavy atom. The van der Waals surface area contributed by atoms with Crippen LogP contribution in [0, 0.1) is 0 Å². The Hall–Kier alpha value is -3.36. The molecule has 33 heavy (non-hydrogen) atoms. The van der Waals surface area contributed by atoms with Crippen molar-refractivity contribution in [2.75, 3.05) is 30.2 Å². The highest BCUT2D eigenvalue weighted by Crippen LogP contribution is 2.26. The van der Waals surface area contributed by atoms with E-state index in [0.717, 1.165) is 25.2 Å². The van der Waals surface area contributed by atoms with E-state index < -0.39 is 10.0 Å². The molecule has 0 radical (unpaired) electrons. The summed E-state index contributed by atoms with van der Waals surface area (Å²) in [5, 5.41) is 2.86. The molecule has 0 aliphatic rings. The van der Waals surface area contributed by atoms with Crippen molar-refractivity contribution in [1.29, 1.82) is 0 Å². The van der Waals surface area contributed by atoms with Crippen LogP contribution in [0.25, 0.3) is 0 Å². The molecule has 0 fully saturated rings. The third-order valence-electron chi connectivity index (χ3n) is 5.24. The maximum atomic E-state index is 12.9. The highest BCUT2D eigenvalue weighted by atomic mass is 32.2. The topological polar surface area (TPSA) is 87.7 Å². The van der Waals surface area contributed by atoms with Crippen LogP contribution in [0.15, 0.2) is 77.7 Å². The van der Waals surface area contributed by atoms with Crippen LogP contribution in [-0.2, 0) is 16.6 Å². The SMILES string of the molecule is CCN(CC)Cc1cccc(NC(=O)c2cccc(S(=O)(=O)Nc3ccccc3OC)c2)c1. The van der Waals surface area contributed by atoms with E-state index in [2.05, 4.69) is 28.8 Å². The summed E-state index contributed by atoms with van der Waals surface area (Å²) in [6.45, 7) is 6.89. The van der Waals surface area contributed by atoms with Gasteiger partial charge in [-0.15, -0.1) is 0 Å². The van der Waals surface area contributed by atoms with E-state index >= 15 is 0 Å². The van der Waals surface area contributed by atoms with Gasteiger partial charge in [-0.2, -0.15) is 0 Å². The molecule has 7 nitrogen and oxygen atoms in total. The second-order valence-corrected chi connectivity index (χ2v) is 9.13. The number of hydrogen-bond acceptors (Lipinski definition) is 5. The number of nitrogens with zero attached hydrogens (tertiary/aromatic N) is 1. The first-order chi connectivity index (χ1) is 15.9. The molecule has 0 unspecified atom stereocenters. The van der Waals surface area contributed by atoms with E-state index in [1.165, 1.54) is 19.2 Å². The first-order valence-corrected chi connectivity index (χ1v) is 12.2. The second kappa shape index (κ2) is 11.0. The van der Waals surface area contributed by atoms with E-state index in [4.69, 9.17) is 4.74 Å². The van der Waals surface area contributed by atoms with E-state index in [9.17, 15) is 13.2 Å². The molecule has 0 saturated carbocycles. The van der Waals surface area contributed by atoms with Crippen LogP contribution in [0.1, 0.15) is 29.8 Å². The lowest BCUT2D eigenvalue weighted by molar-refractivity contribution is 0.102. The molecule has 0 aliphatic heterocycles. The Kier molecular flexibility index (Phi) is 8.08. The number of benzene rings is 3. The van der Waals surface area contributed by atoms with Crippen molar-refractivity contribution >= 4 is 27.3 Å². The Morgan fingerprint density at radius 2 is 1.67 bits per heavy atom. The molecule has 1 amide bonds. The number of amides is 1. The summed E-state index contributed by atoms with van der Waals surface area (Å²) in [4.78, 5) is 15.1. The highest BCUT2D eigenvalue weighted by Gasteiger charge is 2.18. The molecule has 174 valence electrons. The van der Waals surface area contributed by atoms with E-state index in [1.807, 2.05) is 24.3 Å². The van der Waals surface area contributed by atoms with Crippen molar-refractivity contribution < 1.29 is 17.9 Å². The zero-order valence-electron chi connectivity index (χ0n) is 19.0. The molecule has 0 aromatic heterocycles. The number of sulfonamides is 1. The van der Waals surface area contributed by atoms with E-state index in [0.29, 0.717) is 17.1 Å². The zero-order valence-corrected chi connectivity index (χ0v) is 19.9. The van der Waals surface area contributed by atoms with Crippen LogP contribution in [0.5, 0.6) is 5.75 Å². The third-order valence-corrected chi connectivity index (χ3v) is 6.61. The Morgan fingerprint density at radius 1 is 0.939 bits per heavy atom. The summed E-state index contributed by atoms with van der Waals surface area (Å²) in [6.07, 6.45) is 0. The molecule has 0 spiro atoms.